The van der Waals surface area contributed by atoms with Gasteiger partial charge >= 0.3 is 0 Å². The van der Waals surface area contributed by atoms with E-state index < -0.39 is 29.3 Å². The molecule has 6 heteroatoms. The SMILES string of the molecule is CC(C)(C)C(=O)[C@@H]1[C@@H]2C(=O)N(c3cccc4ccccc34)C(=O)[C@@H]2[C@H]2C=CC=NN21. The number of amides is 2. The van der Waals surface area contributed by atoms with Gasteiger partial charge < -0.3 is 0 Å². The Morgan fingerprint density at radius 1 is 0.967 bits per heavy atom. The number of hydrazone groups is 1. The van der Waals surface area contributed by atoms with Gasteiger partial charge in [0.25, 0.3) is 0 Å². The second-order valence-electron chi connectivity index (χ2n) is 9.14. The van der Waals surface area contributed by atoms with Crippen LogP contribution in [0.3, 0.4) is 0 Å². The van der Waals surface area contributed by atoms with Crippen LogP contribution in [0, 0.1) is 17.3 Å². The Balaban J connectivity index is 1.64. The van der Waals surface area contributed by atoms with E-state index in [1.165, 1.54) is 4.90 Å². The largest absolute Gasteiger partial charge is 0.297 e. The number of anilines is 1. The van der Waals surface area contributed by atoms with Crippen LogP contribution in [-0.4, -0.2) is 40.9 Å². The Labute approximate surface area is 174 Å². The van der Waals surface area contributed by atoms with E-state index in [4.69, 9.17) is 0 Å². The third-order valence-electron chi connectivity index (χ3n) is 6.31. The maximum Gasteiger partial charge on any atom is 0.240 e. The molecule has 2 fully saturated rings. The van der Waals surface area contributed by atoms with Crippen molar-refractivity contribution in [1.82, 2.24) is 5.01 Å². The first-order chi connectivity index (χ1) is 14.3. The number of benzene rings is 2. The summed E-state index contributed by atoms with van der Waals surface area (Å²) in [5.41, 5.74) is -0.0777. The quantitative estimate of drug-likeness (QED) is 0.725. The molecule has 0 saturated carbocycles. The van der Waals surface area contributed by atoms with E-state index in [1.807, 2.05) is 63.2 Å². The average molecular weight is 401 g/mol. The van der Waals surface area contributed by atoms with Gasteiger partial charge in [-0.05, 0) is 17.5 Å². The fraction of sp³-hybridized carbons (Fsp3) is 0.333. The number of rotatable bonds is 2. The van der Waals surface area contributed by atoms with E-state index in [9.17, 15) is 14.4 Å². The number of allylic oxidation sites excluding steroid dienone is 1. The van der Waals surface area contributed by atoms with Crippen molar-refractivity contribution in [3.63, 3.8) is 0 Å². The molecule has 4 atom stereocenters. The Kier molecular flexibility index (Phi) is 3.97. The number of carbonyl (C=O) groups excluding carboxylic acids is 3. The number of imide groups is 1. The zero-order chi connectivity index (χ0) is 21.2. The lowest BCUT2D eigenvalue weighted by atomic mass is 9.80. The highest BCUT2D eigenvalue weighted by molar-refractivity contribution is 6.26. The maximum atomic E-state index is 13.7. The van der Waals surface area contributed by atoms with Crippen LogP contribution >= 0.6 is 0 Å². The highest BCUT2D eigenvalue weighted by Gasteiger charge is 2.64. The zero-order valence-electron chi connectivity index (χ0n) is 17.1. The summed E-state index contributed by atoms with van der Waals surface area (Å²) in [6.07, 6.45) is 5.26. The summed E-state index contributed by atoms with van der Waals surface area (Å²) in [6, 6.07) is 12.1. The lowest BCUT2D eigenvalue weighted by Crippen LogP contribution is -2.49. The standard InChI is InChI=1S/C24H23N3O3/c1-24(2,3)21(28)20-19-18(17-12-7-13-25-27(17)20)22(29)26(23(19)30)16-11-6-9-14-8-4-5-10-15(14)16/h4-13,17-20H,1-3H3/t17-,18-,19-,20+/m1/s1. The molecular formula is C24H23N3O3. The molecule has 2 aromatic rings. The number of fused-ring (bicyclic) bond motifs is 4. The summed E-state index contributed by atoms with van der Waals surface area (Å²) in [4.78, 5) is 41.9. The minimum atomic E-state index is -0.752. The second-order valence-corrected chi connectivity index (χ2v) is 9.14. The molecule has 2 amide bonds. The molecular weight excluding hydrogens is 378 g/mol. The molecule has 0 N–H and O–H groups in total. The minimum absolute atomic E-state index is 0.0756. The van der Waals surface area contributed by atoms with Crippen LogP contribution in [0.1, 0.15) is 20.8 Å². The highest BCUT2D eigenvalue weighted by atomic mass is 16.2. The van der Waals surface area contributed by atoms with Gasteiger partial charge in [-0.25, -0.2) is 4.90 Å². The third kappa shape index (κ3) is 2.49. The molecule has 3 aliphatic rings. The first-order valence-corrected chi connectivity index (χ1v) is 10.2. The van der Waals surface area contributed by atoms with Gasteiger partial charge in [-0.15, -0.1) is 0 Å². The molecule has 2 saturated heterocycles. The van der Waals surface area contributed by atoms with Crippen LogP contribution in [0.25, 0.3) is 10.8 Å². The van der Waals surface area contributed by atoms with Gasteiger partial charge in [-0.2, -0.15) is 5.10 Å². The Hall–Kier alpha value is -3.28. The number of hydrogen-bond donors (Lipinski definition) is 0. The molecule has 0 radical (unpaired) electrons. The van der Waals surface area contributed by atoms with E-state index >= 15 is 0 Å². The molecule has 6 nitrogen and oxygen atoms in total. The molecule has 0 spiro atoms. The van der Waals surface area contributed by atoms with Crippen molar-refractivity contribution in [2.45, 2.75) is 32.9 Å². The van der Waals surface area contributed by atoms with E-state index in [-0.39, 0.29) is 17.6 Å². The van der Waals surface area contributed by atoms with Crippen molar-refractivity contribution in [3.8, 4) is 0 Å². The van der Waals surface area contributed by atoms with Crippen molar-refractivity contribution in [2.75, 3.05) is 4.90 Å². The summed E-state index contributed by atoms with van der Waals surface area (Å²) in [6.45, 7) is 5.51. The predicted molar refractivity (Wildman–Crippen MR) is 115 cm³/mol. The summed E-state index contributed by atoms with van der Waals surface area (Å²) in [5, 5.41) is 7.85. The van der Waals surface area contributed by atoms with E-state index in [1.54, 1.807) is 23.4 Å². The maximum absolute atomic E-state index is 13.7. The minimum Gasteiger partial charge on any atom is -0.297 e. The number of nitrogens with zero attached hydrogens (tertiary/aromatic N) is 3. The van der Waals surface area contributed by atoms with Crippen molar-refractivity contribution >= 4 is 40.3 Å². The second kappa shape index (κ2) is 6.36. The van der Waals surface area contributed by atoms with Crippen LogP contribution < -0.4 is 4.90 Å². The number of carbonyl (C=O) groups is 3. The van der Waals surface area contributed by atoms with Gasteiger partial charge in [0.05, 0.1) is 23.6 Å². The molecule has 152 valence electrons. The lowest BCUT2D eigenvalue weighted by Gasteiger charge is -2.33. The summed E-state index contributed by atoms with van der Waals surface area (Å²) < 4.78 is 0. The lowest BCUT2D eigenvalue weighted by molar-refractivity contribution is -0.136. The monoisotopic (exact) mass is 401 g/mol. The van der Waals surface area contributed by atoms with Crippen molar-refractivity contribution in [2.24, 2.45) is 22.4 Å². The van der Waals surface area contributed by atoms with Crippen LogP contribution in [0.5, 0.6) is 0 Å². The van der Waals surface area contributed by atoms with Gasteiger partial charge in [0.15, 0.2) is 5.78 Å². The Morgan fingerprint density at radius 2 is 1.67 bits per heavy atom. The summed E-state index contributed by atoms with van der Waals surface area (Å²) in [7, 11) is 0. The molecule has 2 aromatic carbocycles. The van der Waals surface area contributed by atoms with E-state index in [0.717, 1.165) is 10.8 Å². The highest BCUT2D eigenvalue weighted by Crippen LogP contribution is 2.47. The van der Waals surface area contributed by atoms with Crippen LogP contribution in [0.15, 0.2) is 59.7 Å². The first kappa shape index (κ1) is 18.7. The van der Waals surface area contributed by atoms with Crippen LogP contribution in [-0.2, 0) is 14.4 Å². The molecule has 3 heterocycles. The van der Waals surface area contributed by atoms with Crippen molar-refractivity contribution in [3.05, 3.63) is 54.6 Å². The first-order valence-electron chi connectivity index (χ1n) is 10.2. The number of hydrogen-bond acceptors (Lipinski definition) is 5. The molecule has 0 aromatic heterocycles. The molecule has 0 aliphatic carbocycles. The molecule has 0 unspecified atom stereocenters. The molecule has 30 heavy (non-hydrogen) atoms. The van der Waals surface area contributed by atoms with Gasteiger partial charge in [-0.3, -0.25) is 19.4 Å². The van der Waals surface area contributed by atoms with Crippen LogP contribution in [0.2, 0.25) is 0 Å². The smallest absolute Gasteiger partial charge is 0.240 e. The van der Waals surface area contributed by atoms with E-state index in [2.05, 4.69) is 5.10 Å². The molecule has 0 bridgehead atoms. The van der Waals surface area contributed by atoms with Crippen LogP contribution in [0.4, 0.5) is 5.69 Å². The van der Waals surface area contributed by atoms with E-state index in [0.29, 0.717) is 5.69 Å². The molecule has 3 aliphatic heterocycles. The van der Waals surface area contributed by atoms with Crippen molar-refractivity contribution < 1.29 is 14.4 Å². The topological polar surface area (TPSA) is 70.0 Å². The third-order valence-corrected chi connectivity index (χ3v) is 6.31. The number of ketones is 1. The Bertz CT molecular complexity index is 1140. The fourth-order valence-corrected chi connectivity index (χ4v) is 4.92. The Morgan fingerprint density at radius 3 is 2.43 bits per heavy atom. The predicted octanol–water partition coefficient (Wildman–Crippen LogP) is 3.17. The fourth-order valence-electron chi connectivity index (χ4n) is 4.92. The summed E-state index contributed by atoms with van der Waals surface area (Å²) in [5.74, 6) is -2.02. The average Bonchev–Trinajstić information content (AvgIpc) is 3.19. The number of Topliss-reactive ketones (excluding diaryl/α,β-unsaturated/α-hetero) is 1. The van der Waals surface area contributed by atoms with Gasteiger partial charge in [-0.1, -0.05) is 63.2 Å². The zero-order valence-corrected chi connectivity index (χ0v) is 17.1. The van der Waals surface area contributed by atoms with Gasteiger partial charge in [0.1, 0.15) is 6.04 Å². The van der Waals surface area contributed by atoms with Crippen molar-refractivity contribution in [1.29, 1.82) is 0 Å². The van der Waals surface area contributed by atoms with Gasteiger partial charge in [0, 0.05) is 17.0 Å². The normalized spacial score (nSPS) is 27.7. The van der Waals surface area contributed by atoms with Gasteiger partial charge in [0.2, 0.25) is 11.8 Å². The molecule has 5 rings (SSSR count). The summed E-state index contributed by atoms with van der Waals surface area (Å²) >= 11 is 0.